The van der Waals surface area contributed by atoms with E-state index in [0.29, 0.717) is 47.8 Å². The van der Waals surface area contributed by atoms with Gasteiger partial charge in [-0.15, -0.1) is 0 Å². The third-order valence-electron chi connectivity index (χ3n) is 6.02. The molecule has 2 heterocycles. The van der Waals surface area contributed by atoms with Gasteiger partial charge in [0.15, 0.2) is 22.9 Å². The number of carbonyl (C=O) groups excluding carboxylic acids is 2. The van der Waals surface area contributed by atoms with Crippen LogP contribution in [0.3, 0.4) is 0 Å². The van der Waals surface area contributed by atoms with Crippen molar-refractivity contribution in [2.24, 2.45) is 4.99 Å². The molecule has 0 spiro atoms. The number of rotatable bonds is 9. The lowest BCUT2D eigenvalue weighted by Gasteiger charge is -2.25. The van der Waals surface area contributed by atoms with Crippen molar-refractivity contribution in [1.82, 2.24) is 4.57 Å². The minimum Gasteiger partial charge on any atom is -0.506 e. The van der Waals surface area contributed by atoms with E-state index in [1.54, 1.807) is 51.1 Å². The Kier molecular flexibility index (Phi) is 10.1. The van der Waals surface area contributed by atoms with Crippen LogP contribution in [0.25, 0.3) is 6.08 Å². The van der Waals surface area contributed by atoms with Crippen LogP contribution in [0.2, 0.25) is 0 Å². The van der Waals surface area contributed by atoms with Gasteiger partial charge < -0.3 is 24.1 Å². The fourth-order valence-corrected chi connectivity index (χ4v) is 7.15. The molecule has 1 aliphatic rings. The molecule has 0 saturated carbocycles. The Morgan fingerprint density at radius 3 is 2.56 bits per heavy atom. The first-order valence-corrected chi connectivity index (χ1v) is 15.4. The molecule has 1 aliphatic heterocycles. The third kappa shape index (κ3) is 6.61. The van der Waals surface area contributed by atoms with E-state index in [-0.39, 0.29) is 30.1 Å². The van der Waals surface area contributed by atoms with E-state index in [0.717, 1.165) is 14.9 Å². The molecule has 0 amide bonds. The Labute approximate surface area is 266 Å². The Bertz CT molecular complexity index is 1730. The first-order chi connectivity index (χ1) is 19.6. The summed E-state index contributed by atoms with van der Waals surface area (Å²) < 4.78 is 24.7. The largest absolute Gasteiger partial charge is 0.506 e. The minimum absolute atomic E-state index is 0.0701. The molecule has 4 rings (SSSR count). The van der Waals surface area contributed by atoms with Crippen LogP contribution in [0.4, 0.5) is 0 Å². The molecule has 0 saturated heterocycles. The van der Waals surface area contributed by atoms with Gasteiger partial charge >= 0.3 is 11.9 Å². The normalized spacial score (nSPS) is 14.8. The molecular weight excluding hydrogens is 778 g/mol. The van der Waals surface area contributed by atoms with Crippen LogP contribution in [0.15, 0.2) is 51.4 Å². The number of allylic oxidation sites excluding steroid dienone is 1. The number of benzene rings is 2. The van der Waals surface area contributed by atoms with Crippen molar-refractivity contribution in [3.63, 3.8) is 0 Å². The molecule has 0 unspecified atom stereocenters. The van der Waals surface area contributed by atoms with E-state index in [1.165, 1.54) is 11.7 Å². The predicted octanol–water partition coefficient (Wildman–Crippen LogP) is 3.66. The SMILES string of the molecule is CCOC(=O)C1=C(C)N=c2s/c(=C\c3cc(I)cc(I)c3O)c(=O)n2[C@H]1c1ccc(OCC(=O)OC)c(OCC)c1. The lowest BCUT2D eigenvalue weighted by Crippen LogP contribution is -2.40. The second-order valence-electron chi connectivity index (χ2n) is 8.63. The van der Waals surface area contributed by atoms with Crippen molar-refractivity contribution in [1.29, 1.82) is 0 Å². The summed E-state index contributed by atoms with van der Waals surface area (Å²) in [5, 5.41) is 10.6. The van der Waals surface area contributed by atoms with Crippen molar-refractivity contribution in [2.45, 2.75) is 26.8 Å². The fraction of sp³-hybridized carbons (Fsp3) is 0.286. The molecule has 1 atom stereocenters. The zero-order chi connectivity index (χ0) is 29.8. The molecule has 216 valence electrons. The van der Waals surface area contributed by atoms with E-state index in [4.69, 9.17) is 14.2 Å². The number of aromatic hydroxyl groups is 1. The predicted molar refractivity (Wildman–Crippen MR) is 169 cm³/mol. The molecule has 0 fully saturated rings. The number of ether oxygens (including phenoxy) is 4. The number of carbonyl (C=O) groups is 2. The summed E-state index contributed by atoms with van der Waals surface area (Å²) in [5.41, 5.74) is 1.29. The summed E-state index contributed by atoms with van der Waals surface area (Å²) in [6, 6.07) is 7.71. The highest BCUT2D eigenvalue weighted by molar-refractivity contribution is 14.1. The molecule has 0 aliphatic carbocycles. The number of fused-ring (bicyclic) bond motifs is 1. The van der Waals surface area contributed by atoms with Gasteiger partial charge in [0.1, 0.15) is 5.75 Å². The molecule has 1 N–H and O–H groups in total. The fourth-order valence-electron chi connectivity index (χ4n) is 4.22. The molecule has 2 aromatic carbocycles. The number of hydrogen-bond donors (Lipinski definition) is 1. The second-order valence-corrected chi connectivity index (χ2v) is 12.0. The van der Waals surface area contributed by atoms with Crippen LogP contribution in [0.5, 0.6) is 17.2 Å². The summed E-state index contributed by atoms with van der Waals surface area (Å²) in [5.74, 6) is -0.453. The first-order valence-electron chi connectivity index (χ1n) is 12.4. The lowest BCUT2D eigenvalue weighted by atomic mass is 9.95. The van der Waals surface area contributed by atoms with E-state index >= 15 is 0 Å². The summed E-state index contributed by atoms with van der Waals surface area (Å²) >= 11 is 5.35. The molecule has 41 heavy (non-hydrogen) atoms. The standard InChI is InChI=1S/C28H26I2N2O8S/c1-5-38-20-10-15(7-8-19(20)40-13-22(33)37-4)24-23(27(36)39-6-2)14(3)31-28-32(24)26(35)21(41-28)11-16-9-17(29)12-18(30)25(16)34/h7-12,24,34H,5-6,13H2,1-4H3/b21-11-/t24-/m0/s1. The van der Waals surface area contributed by atoms with Gasteiger partial charge in [-0.25, -0.2) is 14.6 Å². The van der Waals surface area contributed by atoms with E-state index in [9.17, 15) is 19.5 Å². The van der Waals surface area contributed by atoms with Crippen molar-refractivity contribution in [2.75, 3.05) is 26.9 Å². The second kappa shape index (κ2) is 13.4. The smallest absolute Gasteiger partial charge is 0.343 e. The maximum absolute atomic E-state index is 13.9. The number of phenols is 1. The van der Waals surface area contributed by atoms with Gasteiger partial charge in [0.05, 0.1) is 45.7 Å². The molecular formula is C28H26I2N2O8S. The number of nitrogens with zero attached hydrogens (tertiary/aromatic N) is 2. The Morgan fingerprint density at radius 2 is 1.88 bits per heavy atom. The first kappa shape index (κ1) is 31.0. The van der Waals surface area contributed by atoms with Gasteiger partial charge in [0.25, 0.3) is 5.56 Å². The zero-order valence-corrected chi connectivity index (χ0v) is 27.7. The highest BCUT2D eigenvalue weighted by atomic mass is 127. The van der Waals surface area contributed by atoms with E-state index in [2.05, 4.69) is 32.3 Å². The topological polar surface area (TPSA) is 126 Å². The highest BCUT2D eigenvalue weighted by Crippen LogP contribution is 2.36. The van der Waals surface area contributed by atoms with Gasteiger partial charge in [-0.05, 0) is 102 Å². The Hall–Kier alpha value is -2.92. The van der Waals surface area contributed by atoms with Crippen molar-refractivity contribution in [3.05, 3.63) is 79.6 Å². The maximum Gasteiger partial charge on any atom is 0.343 e. The molecule has 1 aromatic heterocycles. The van der Waals surface area contributed by atoms with Gasteiger partial charge in [0.2, 0.25) is 0 Å². The third-order valence-corrected chi connectivity index (χ3v) is 8.45. The number of methoxy groups -OCH3 is 1. The van der Waals surface area contributed by atoms with Crippen molar-refractivity contribution in [3.8, 4) is 17.2 Å². The molecule has 3 aromatic rings. The van der Waals surface area contributed by atoms with Crippen LogP contribution >= 0.6 is 56.5 Å². The van der Waals surface area contributed by atoms with Crippen LogP contribution in [0.1, 0.15) is 37.9 Å². The number of aromatic nitrogens is 1. The van der Waals surface area contributed by atoms with Gasteiger partial charge in [0, 0.05) is 9.13 Å². The lowest BCUT2D eigenvalue weighted by molar-refractivity contribution is -0.143. The number of hydrogen-bond acceptors (Lipinski definition) is 10. The minimum atomic E-state index is -0.883. The molecule has 0 bridgehead atoms. The van der Waals surface area contributed by atoms with Crippen LogP contribution < -0.4 is 24.4 Å². The van der Waals surface area contributed by atoms with Crippen molar-refractivity contribution < 1.29 is 33.6 Å². The monoisotopic (exact) mass is 804 g/mol. The maximum atomic E-state index is 13.9. The summed E-state index contributed by atoms with van der Waals surface area (Å²) in [6.07, 6.45) is 1.62. The molecule has 10 nitrogen and oxygen atoms in total. The van der Waals surface area contributed by atoms with Gasteiger partial charge in [-0.2, -0.15) is 0 Å². The molecule has 13 heteroatoms. The zero-order valence-electron chi connectivity index (χ0n) is 22.5. The van der Waals surface area contributed by atoms with E-state index in [1.807, 2.05) is 28.7 Å². The average molecular weight is 804 g/mol. The Morgan fingerprint density at radius 1 is 1.12 bits per heavy atom. The van der Waals surface area contributed by atoms with Gasteiger partial charge in [-0.1, -0.05) is 17.4 Å². The van der Waals surface area contributed by atoms with E-state index < -0.39 is 18.0 Å². The average Bonchev–Trinajstić information content (AvgIpc) is 3.23. The highest BCUT2D eigenvalue weighted by Gasteiger charge is 2.34. The summed E-state index contributed by atoms with van der Waals surface area (Å²) in [7, 11) is 1.26. The quantitative estimate of drug-likeness (QED) is 0.257. The summed E-state index contributed by atoms with van der Waals surface area (Å²) in [4.78, 5) is 43.8. The Balaban J connectivity index is 1.93. The molecule has 0 radical (unpaired) electrons. The van der Waals surface area contributed by atoms with Crippen LogP contribution in [-0.4, -0.2) is 48.5 Å². The number of phenolic OH excluding ortho intramolecular Hbond substituents is 1. The van der Waals surface area contributed by atoms with Crippen molar-refractivity contribution >= 4 is 74.5 Å². The summed E-state index contributed by atoms with van der Waals surface area (Å²) in [6.45, 7) is 5.33. The number of halogens is 2. The van der Waals surface area contributed by atoms with Gasteiger partial charge in [-0.3, -0.25) is 9.36 Å². The number of thiazole rings is 1. The van der Waals surface area contributed by atoms with Crippen LogP contribution in [-0.2, 0) is 19.1 Å². The number of esters is 2. The van der Waals surface area contributed by atoms with Crippen LogP contribution in [0, 0.1) is 7.14 Å².